The monoisotopic (exact) mass is 692 g/mol. The second-order valence-corrected chi connectivity index (χ2v) is 10.2. The Kier molecular flexibility index (Phi) is 26.7. The van der Waals surface area contributed by atoms with E-state index in [0.717, 1.165) is 61.3 Å². The number of Topliss-reactive ketones (excluding diaryl/α,β-unsaturated/α-hetero) is 2. The number of carbonyl (C=O) groups is 3. The molecule has 0 amide bonds. The van der Waals surface area contributed by atoms with E-state index in [1.54, 1.807) is 31.4 Å². The van der Waals surface area contributed by atoms with Gasteiger partial charge in [-0.3, -0.25) is 14.4 Å². The van der Waals surface area contributed by atoms with Gasteiger partial charge in [0.25, 0.3) is 6.47 Å². The summed E-state index contributed by atoms with van der Waals surface area (Å²) < 4.78 is 16.3. The minimum Gasteiger partial charge on any atom is -1.00 e. The summed E-state index contributed by atoms with van der Waals surface area (Å²) in [6.07, 6.45) is 7.08. The van der Waals surface area contributed by atoms with Gasteiger partial charge in [0.15, 0.2) is 17.7 Å². The summed E-state index contributed by atoms with van der Waals surface area (Å²) in [5.41, 5.74) is 1.13. The topological polar surface area (TPSA) is 131 Å². The predicted molar refractivity (Wildman–Crippen MR) is 161 cm³/mol. The molecule has 2 fully saturated rings. The van der Waals surface area contributed by atoms with E-state index >= 15 is 0 Å². The van der Waals surface area contributed by atoms with Crippen LogP contribution in [0, 0.1) is 0 Å². The predicted octanol–water partition coefficient (Wildman–Crippen LogP) is -0.151. The number of ether oxygens (including phenoxy) is 3. The molecule has 1 N–H and O–H groups in total. The number of aromatic hydroxyl groups is 1. The van der Waals surface area contributed by atoms with Crippen LogP contribution in [0.15, 0.2) is 78.9 Å². The number of phenols is 1. The Balaban J connectivity index is 0. The minimum absolute atomic E-state index is 0. The van der Waals surface area contributed by atoms with Gasteiger partial charge in [-0.25, -0.2) is 0 Å². The molecule has 12 heteroatoms. The SMILES string of the molecule is COc1ccc(OC2CCCCC2=O)cc1.O=C1CCCCC1Cl.O=CO[O-].Oc1ccc(OCc2ccccc2)cc1.[H-].[K+].[K+]. The van der Waals surface area contributed by atoms with Gasteiger partial charge < -0.3 is 30.9 Å². The Morgan fingerprint density at radius 2 is 1.36 bits per heavy atom. The first kappa shape index (κ1) is 44.2. The van der Waals surface area contributed by atoms with Crippen LogP contribution in [0.2, 0.25) is 0 Å². The van der Waals surface area contributed by atoms with Crippen molar-refractivity contribution >= 4 is 29.6 Å². The maximum atomic E-state index is 11.6. The third-order valence-electron chi connectivity index (χ3n) is 6.44. The van der Waals surface area contributed by atoms with Crippen molar-refractivity contribution in [3.05, 3.63) is 84.4 Å². The Bertz CT molecular complexity index is 1220. The fourth-order valence-corrected chi connectivity index (χ4v) is 4.38. The smallest absolute Gasteiger partial charge is 1.00 e. The molecule has 0 heterocycles. The summed E-state index contributed by atoms with van der Waals surface area (Å²) in [4.78, 5) is 33.5. The van der Waals surface area contributed by atoms with Crippen LogP contribution in [-0.2, 0) is 25.9 Å². The molecule has 0 spiro atoms. The quantitative estimate of drug-likeness (QED) is 0.118. The number of benzene rings is 3. The molecule has 2 aliphatic rings. The third-order valence-corrected chi connectivity index (χ3v) is 6.90. The van der Waals surface area contributed by atoms with E-state index in [2.05, 4.69) is 4.89 Å². The van der Waals surface area contributed by atoms with E-state index < -0.39 is 0 Å². The Morgan fingerprint density at radius 1 is 0.822 bits per heavy atom. The molecule has 0 aliphatic heterocycles. The molecule has 9 nitrogen and oxygen atoms in total. The van der Waals surface area contributed by atoms with Gasteiger partial charge in [0, 0.05) is 12.8 Å². The maximum absolute atomic E-state index is 11.6. The Hall–Kier alpha value is -0.807. The van der Waals surface area contributed by atoms with E-state index in [4.69, 9.17) is 41.0 Å². The molecule has 0 saturated heterocycles. The van der Waals surface area contributed by atoms with E-state index in [1.807, 2.05) is 54.6 Å². The zero-order valence-electron chi connectivity index (χ0n) is 27.2. The van der Waals surface area contributed by atoms with Crippen LogP contribution in [0.25, 0.3) is 0 Å². The van der Waals surface area contributed by atoms with Crippen molar-refractivity contribution in [2.24, 2.45) is 0 Å². The van der Waals surface area contributed by atoms with Gasteiger partial charge in [-0.15, -0.1) is 11.6 Å². The molecule has 45 heavy (non-hydrogen) atoms. The van der Waals surface area contributed by atoms with Crippen molar-refractivity contribution < 1.29 is 148 Å². The fourth-order valence-electron chi connectivity index (χ4n) is 4.12. The molecular formula is C33H39ClK2O9. The zero-order chi connectivity index (χ0) is 31.3. The van der Waals surface area contributed by atoms with Crippen LogP contribution in [0.1, 0.15) is 58.4 Å². The van der Waals surface area contributed by atoms with Gasteiger partial charge >= 0.3 is 103 Å². The summed E-state index contributed by atoms with van der Waals surface area (Å²) in [6, 6.07) is 24.0. The first-order chi connectivity index (χ1) is 20.9. The number of phenolic OH excluding ortho intramolecular Hbond substituents is 1. The molecule has 2 atom stereocenters. The van der Waals surface area contributed by atoms with Crippen LogP contribution in [0.5, 0.6) is 23.0 Å². The molecule has 0 aromatic heterocycles. The Morgan fingerprint density at radius 3 is 1.84 bits per heavy atom. The van der Waals surface area contributed by atoms with Gasteiger partial charge in [0.1, 0.15) is 29.6 Å². The van der Waals surface area contributed by atoms with E-state index in [0.29, 0.717) is 19.4 Å². The number of alkyl halides is 1. The standard InChI is InChI=1S/C13H16O3.C13H12O2.C6H9ClO.CH2O3.2K.H/c1-15-10-6-8-11(9-7-10)16-13-5-3-2-4-12(13)14;14-12-6-8-13(9-7-12)15-10-11-4-2-1-3-5-11;7-5-3-1-2-4-6(5)8;2-1-4-3;;;/h6-9,13H,2-5H2,1H3;1-9,14H,10H2;5H,1-4H2;1,3H;;;/q;;;;2*+1;-1/p-1. The van der Waals surface area contributed by atoms with Gasteiger partial charge in [-0.1, -0.05) is 36.8 Å². The number of halogens is 1. The first-order valence-electron chi connectivity index (χ1n) is 14.0. The molecule has 5 rings (SSSR count). The minimum atomic E-state index is -0.248. The number of hydrogen-bond acceptors (Lipinski definition) is 9. The number of rotatable bonds is 7. The van der Waals surface area contributed by atoms with Crippen LogP contribution >= 0.6 is 11.6 Å². The normalized spacial score (nSPS) is 16.5. The fraction of sp³-hybridized carbons (Fsp3) is 0.364. The summed E-state index contributed by atoms with van der Waals surface area (Å²) in [5, 5.41) is 17.4. The van der Waals surface area contributed by atoms with Crippen molar-refractivity contribution in [1.29, 1.82) is 0 Å². The summed E-state index contributed by atoms with van der Waals surface area (Å²) in [7, 11) is 1.63. The third kappa shape index (κ3) is 19.6. The van der Waals surface area contributed by atoms with Crippen molar-refractivity contribution in [2.75, 3.05) is 7.11 Å². The molecule has 0 radical (unpaired) electrons. The van der Waals surface area contributed by atoms with Crippen molar-refractivity contribution in [2.45, 2.75) is 69.5 Å². The van der Waals surface area contributed by atoms with Crippen molar-refractivity contribution in [1.82, 2.24) is 0 Å². The van der Waals surface area contributed by atoms with Crippen LogP contribution in [0.4, 0.5) is 0 Å². The maximum Gasteiger partial charge on any atom is 1.00 e. The van der Waals surface area contributed by atoms with Crippen LogP contribution < -0.4 is 122 Å². The van der Waals surface area contributed by atoms with Crippen molar-refractivity contribution in [3.63, 3.8) is 0 Å². The number of methoxy groups -OCH3 is 1. The molecule has 2 unspecified atom stereocenters. The molecule has 0 bridgehead atoms. The average Bonchev–Trinajstić information content (AvgIpc) is 3.05. The van der Waals surface area contributed by atoms with E-state index in [1.165, 1.54) is 0 Å². The number of hydrogen-bond donors (Lipinski definition) is 1. The molecule has 2 aliphatic carbocycles. The molecular weight excluding hydrogens is 654 g/mol. The van der Waals surface area contributed by atoms with Gasteiger partial charge in [-0.2, -0.15) is 0 Å². The summed E-state index contributed by atoms with van der Waals surface area (Å²) >= 11 is 5.62. The molecule has 3 aromatic carbocycles. The molecule has 234 valence electrons. The average molecular weight is 693 g/mol. The summed E-state index contributed by atoms with van der Waals surface area (Å²) in [6.45, 7) is 0.367. The van der Waals surface area contributed by atoms with E-state index in [-0.39, 0.29) is 139 Å². The molecule has 2 saturated carbocycles. The van der Waals surface area contributed by atoms with Crippen LogP contribution in [-0.4, -0.2) is 41.7 Å². The Labute approximate surface area is 356 Å². The number of ketones is 2. The first-order valence-corrected chi connectivity index (χ1v) is 14.5. The second-order valence-electron chi connectivity index (χ2n) is 9.63. The zero-order valence-corrected chi connectivity index (χ0v) is 33.2. The second kappa shape index (κ2) is 27.2. The van der Waals surface area contributed by atoms with Gasteiger partial charge in [0.05, 0.1) is 12.5 Å². The van der Waals surface area contributed by atoms with E-state index in [9.17, 15) is 9.59 Å². The largest absolute Gasteiger partial charge is 1.00 e. The number of carbonyl (C=O) groups excluding carboxylic acids is 3. The van der Waals surface area contributed by atoms with Crippen LogP contribution in [0.3, 0.4) is 0 Å². The van der Waals surface area contributed by atoms with Gasteiger partial charge in [-0.05, 0) is 86.2 Å². The summed E-state index contributed by atoms with van der Waals surface area (Å²) in [5.74, 6) is 3.00. The van der Waals surface area contributed by atoms with Crippen molar-refractivity contribution in [3.8, 4) is 23.0 Å². The molecule has 3 aromatic rings. The van der Waals surface area contributed by atoms with Gasteiger partial charge in [0.2, 0.25) is 0 Å².